The third-order valence-electron chi connectivity index (χ3n) is 2.19. The maximum Gasteiger partial charge on any atom is 0.407 e. The lowest BCUT2D eigenvalue weighted by Crippen LogP contribution is -2.39. The van der Waals surface area contributed by atoms with Crippen LogP contribution in [0.4, 0.5) is 4.79 Å². The molecule has 1 heterocycles. The molecule has 12 heavy (non-hydrogen) atoms. The molecule has 0 aromatic rings. The average Bonchev–Trinajstić information content (AvgIpc) is 2.05. The first-order valence-corrected chi connectivity index (χ1v) is 5.60. The first-order valence-electron chi connectivity index (χ1n) is 4.21. The van der Waals surface area contributed by atoms with Crippen molar-refractivity contribution in [1.82, 2.24) is 4.90 Å². The quantitative estimate of drug-likeness (QED) is 0.719. The van der Waals surface area contributed by atoms with Crippen molar-refractivity contribution in [3.8, 4) is 0 Å². The summed E-state index contributed by atoms with van der Waals surface area (Å²) in [6, 6.07) is 0. The molecule has 1 saturated heterocycles. The van der Waals surface area contributed by atoms with Gasteiger partial charge in [-0.1, -0.05) is 0 Å². The van der Waals surface area contributed by atoms with Crippen LogP contribution in [0.2, 0.25) is 0 Å². The molecule has 1 amide bonds. The second-order valence-electron chi connectivity index (χ2n) is 3.19. The normalized spacial score (nSPS) is 24.1. The van der Waals surface area contributed by atoms with E-state index in [1.165, 1.54) is 11.3 Å². The molecule has 0 spiro atoms. The lowest BCUT2D eigenvalue weighted by atomic mass is 10.0. The molecule has 3 nitrogen and oxygen atoms in total. The minimum Gasteiger partial charge on any atom is -0.465 e. The molecule has 0 bridgehead atoms. The standard InChI is InChI=1S/C8H15NO2S/c1-12-6-7-3-2-4-9(5-7)8(10)11/h7H,2-6H2,1H3,(H,10,11)/t7-/m0/s1. The van der Waals surface area contributed by atoms with Crippen LogP contribution in [0, 0.1) is 5.92 Å². The van der Waals surface area contributed by atoms with Crippen molar-refractivity contribution < 1.29 is 9.90 Å². The SMILES string of the molecule is CSC[C@H]1CCCN(C(=O)O)C1. The molecule has 0 aromatic carbocycles. The van der Waals surface area contributed by atoms with Gasteiger partial charge < -0.3 is 10.0 Å². The van der Waals surface area contributed by atoms with Crippen molar-refractivity contribution >= 4 is 17.9 Å². The zero-order chi connectivity index (χ0) is 8.97. The fourth-order valence-electron chi connectivity index (χ4n) is 1.61. The van der Waals surface area contributed by atoms with Gasteiger partial charge in [-0.25, -0.2) is 4.79 Å². The second kappa shape index (κ2) is 4.60. The number of piperidine rings is 1. The van der Waals surface area contributed by atoms with Crippen LogP contribution in [-0.2, 0) is 0 Å². The van der Waals surface area contributed by atoms with Crippen molar-refractivity contribution in [1.29, 1.82) is 0 Å². The highest BCUT2D eigenvalue weighted by molar-refractivity contribution is 7.98. The van der Waals surface area contributed by atoms with Gasteiger partial charge >= 0.3 is 6.09 Å². The van der Waals surface area contributed by atoms with E-state index < -0.39 is 6.09 Å². The number of nitrogens with zero attached hydrogens (tertiary/aromatic N) is 1. The third-order valence-corrected chi connectivity index (χ3v) is 3.00. The summed E-state index contributed by atoms with van der Waals surface area (Å²) >= 11 is 1.80. The maximum atomic E-state index is 10.6. The predicted octanol–water partition coefficient (Wildman–Crippen LogP) is 1.74. The summed E-state index contributed by atoms with van der Waals surface area (Å²) in [6.07, 6.45) is 3.52. The van der Waals surface area contributed by atoms with Gasteiger partial charge in [-0.15, -0.1) is 0 Å². The van der Waals surface area contributed by atoms with Gasteiger partial charge in [-0.3, -0.25) is 0 Å². The number of hydrogen-bond donors (Lipinski definition) is 1. The Morgan fingerprint density at radius 2 is 2.50 bits per heavy atom. The van der Waals surface area contributed by atoms with Gasteiger partial charge in [0.2, 0.25) is 0 Å². The van der Waals surface area contributed by atoms with Gasteiger partial charge in [0.05, 0.1) is 0 Å². The van der Waals surface area contributed by atoms with Crippen molar-refractivity contribution in [2.75, 3.05) is 25.1 Å². The van der Waals surface area contributed by atoms with Crippen LogP contribution in [0.25, 0.3) is 0 Å². The van der Waals surface area contributed by atoms with Crippen LogP contribution < -0.4 is 0 Å². The van der Waals surface area contributed by atoms with Gasteiger partial charge in [0.25, 0.3) is 0 Å². The van der Waals surface area contributed by atoms with Gasteiger partial charge in [-0.2, -0.15) is 11.8 Å². The van der Waals surface area contributed by atoms with Gasteiger partial charge in [0.1, 0.15) is 0 Å². The van der Waals surface area contributed by atoms with E-state index >= 15 is 0 Å². The van der Waals surface area contributed by atoms with Crippen LogP contribution in [0.3, 0.4) is 0 Å². The van der Waals surface area contributed by atoms with E-state index in [0.717, 1.165) is 25.3 Å². The molecule has 0 aliphatic carbocycles. The summed E-state index contributed by atoms with van der Waals surface area (Å²) < 4.78 is 0. The predicted molar refractivity (Wildman–Crippen MR) is 50.7 cm³/mol. The molecule has 0 saturated carbocycles. The molecule has 70 valence electrons. The summed E-state index contributed by atoms with van der Waals surface area (Å²) in [7, 11) is 0. The Morgan fingerprint density at radius 1 is 1.75 bits per heavy atom. The Bertz CT molecular complexity index is 161. The fourth-order valence-corrected chi connectivity index (χ4v) is 2.35. The third kappa shape index (κ3) is 2.59. The van der Waals surface area contributed by atoms with Crippen LogP contribution in [0.1, 0.15) is 12.8 Å². The Hall–Kier alpha value is -0.380. The molecule has 1 atom stereocenters. The van der Waals surface area contributed by atoms with E-state index in [0.29, 0.717) is 5.92 Å². The molecule has 1 rings (SSSR count). The fraction of sp³-hybridized carbons (Fsp3) is 0.875. The van der Waals surface area contributed by atoms with E-state index in [9.17, 15) is 4.79 Å². The van der Waals surface area contributed by atoms with Crippen molar-refractivity contribution in [2.24, 2.45) is 5.92 Å². The summed E-state index contributed by atoms with van der Waals surface area (Å²) in [5, 5.41) is 8.74. The first-order chi connectivity index (χ1) is 5.74. The van der Waals surface area contributed by atoms with Crippen LogP contribution in [-0.4, -0.2) is 41.2 Å². The number of carbonyl (C=O) groups is 1. The molecule has 0 unspecified atom stereocenters. The molecule has 4 heteroatoms. The first kappa shape index (κ1) is 9.71. The van der Waals surface area contributed by atoms with Crippen LogP contribution in [0.5, 0.6) is 0 Å². The van der Waals surface area contributed by atoms with E-state index in [1.807, 2.05) is 0 Å². The van der Waals surface area contributed by atoms with Crippen LogP contribution >= 0.6 is 11.8 Å². The molecule has 1 aliphatic rings. The number of hydrogen-bond acceptors (Lipinski definition) is 2. The molecule has 1 aliphatic heterocycles. The number of carboxylic acid groups (broad SMARTS) is 1. The van der Waals surface area contributed by atoms with Crippen LogP contribution in [0.15, 0.2) is 0 Å². The highest BCUT2D eigenvalue weighted by Gasteiger charge is 2.22. The lowest BCUT2D eigenvalue weighted by Gasteiger charge is -2.30. The van der Waals surface area contributed by atoms with E-state index in [-0.39, 0.29) is 0 Å². The number of likely N-dealkylation sites (tertiary alicyclic amines) is 1. The largest absolute Gasteiger partial charge is 0.465 e. The maximum absolute atomic E-state index is 10.6. The van der Waals surface area contributed by atoms with E-state index in [1.54, 1.807) is 11.8 Å². The van der Waals surface area contributed by atoms with Gasteiger partial charge in [0.15, 0.2) is 0 Å². The number of rotatable bonds is 2. The molecular weight excluding hydrogens is 174 g/mol. The second-order valence-corrected chi connectivity index (χ2v) is 4.10. The Balaban J connectivity index is 2.35. The van der Waals surface area contributed by atoms with Crippen molar-refractivity contribution in [2.45, 2.75) is 12.8 Å². The van der Waals surface area contributed by atoms with E-state index in [2.05, 4.69) is 6.26 Å². The molecule has 1 N–H and O–H groups in total. The Morgan fingerprint density at radius 3 is 3.08 bits per heavy atom. The summed E-state index contributed by atoms with van der Waals surface area (Å²) in [4.78, 5) is 12.2. The summed E-state index contributed by atoms with van der Waals surface area (Å²) in [6.45, 7) is 1.45. The minimum atomic E-state index is -0.763. The Kier molecular flexibility index (Phi) is 3.72. The topological polar surface area (TPSA) is 40.5 Å². The van der Waals surface area contributed by atoms with Crippen molar-refractivity contribution in [3.63, 3.8) is 0 Å². The smallest absolute Gasteiger partial charge is 0.407 e. The van der Waals surface area contributed by atoms with E-state index in [4.69, 9.17) is 5.11 Å². The van der Waals surface area contributed by atoms with Gasteiger partial charge in [-0.05, 0) is 30.8 Å². The zero-order valence-corrected chi connectivity index (χ0v) is 8.14. The summed E-state index contributed by atoms with van der Waals surface area (Å²) in [5.74, 6) is 1.66. The number of thioether (sulfide) groups is 1. The Labute approximate surface area is 77.1 Å². The summed E-state index contributed by atoms with van der Waals surface area (Å²) in [5.41, 5.74) is 0. The van der Waals surface area contributed by atoms with Gasteiger partial charge in [0, 0.05) is 13.1 Å². The number of amides is 1. The average molecular weight is 189 g/mol. The monoisotopic (exact) mass is 189 g/mol. The molecular formula is C8H15NO2S. The zero-order valence-electron chi connectivity index (χ0n) is 7.32. The molecule has 1 fully saturated rings. The highest BCUT2D eigenvalue weighted by Crippen LogP contribution is 2.19. The lowest BCUT2D eigenvalue weighted by molar-refractivity contribution is 0.124. The molecule has 0 radical (unpaired) electrons. The van der Waals surface area contributed by atoms with Crippen molar-refractivity contribution in [3.05, 3.63) is 0 Å². The highest BCUT2D eigenvalue weighted by atomic mass is 32.2. The minimum absolute atomic E-state index is 0.574. The molecule has 0 aromatic heterocycles.